The molecule has 0 atom stereocenters. The Hall–Kier alpha value is -1.26. The zero-order chi connectivity index (χ0) is 16.1. The minimum absolute atomic E-state index is 0.0224. The Morgan fingerprint density at radius 3 is 2.77 bits per heavy atom. The molecule has 1 fully saturated rings. The van der Waals surface area contributed by atoms with Crippen LogP contribution in [0.25, 0.3) is 0 Å². The van der Waals surface area contributed by atoms with Crippen LogP contribution in [0, 0.1) is 6.92 Å². The van der Waals surface area contributed by atoms with Crippen LogP contribution >= 0.6 is 11.6 Å². The summed E-state index contributed by atoms with van der Waals surface area (Å²) in [7, 11) is 4.03. The lowest BCUT2D eigenvalue weighted by Crippen LogP contribution is -2.48. The highest BCUT2D eigenvalue weighted by atomic mass is 35.5. The number of carbonyl (C=O) groups is 1. The molecule has 1 aliphatic rings. The van der Waals surface area contributed by atoms with Crippen LogP contribution in [-0.2, 0) is 6.42 Å². The first-order valence-electron chi connectivity index (χ1n) is 7.92. The molecular formula is C17H26ClN3O. The molecule has 0 bridgehead atoms. The molecule has 4 nitrogen and oxygen atoms in total. The first-order chi connectivity index (χ1) is 10.5. The number of benzene rings is 1. The Labute approximate surface area is 138 Å². The van der Waals surface area contributed by atoms with E-state index in [1.807, 2.05) is 31.0 Å². The largest absolute Gasteiger partial charge is 0.338 e. The fraction of sp³-hybridized carbons (Fsp3) is 0.588. The van der Waals surface area contributed by atoms with Crippen molar-refractivity contribution in [1.82, 2.24) is 15.1 Å². The lowest BCUT2D eigenvalue weighted by Gasteiger charge is -2.35. The van der Waals surface area contributed by atoms with Crippen LogP contribution in [-0.4, -0.2) is 55.6 Å². The standard InChI is InChI=1S/C17H26ClN3O/c1-13-14(5-4-6-16(13)18)7-10-19-17(22)21(3)15-8-11-20(2)12-9-15/h4-6,15H,7-12H2,1-3H3,(H,19,22). The van der Waals surface area contributed by atoms with Crippen molar-refractivity contribution >= 4 is 17.6 Å². The van der Waals surface area contributed by atoms with Crippen LogP contribution < -0.4 is 5.32 Å². The molecule has 0 saturated carbocycles. The second-order valence-electron chi connectivity index (χ2n) is 6.15. The predicted molar refractivity (Wildman–Crippen MR) is 91.6 cm³/mol. The van der Waals surface area contributed by atoms with Crippen LogP contribution in [0.3, 0.4) is 0 Å². The number of hydrogen-bond donors (Lipinski definition) is 1. The molecule has 1 aromatic rings. The average molecular weight is 324 g/mol. The zero-order valence-electron chi connectivity index (χ0n) is 13.7. The van der Waals surface area contributed by atoms with Gasteiger partial charge in [0, 0.05) is 24.7 Å². The minimum atomic E-state index is 0.0224. The van der Waals surface area contributed by atoms with Crippen molar-refractivity contribution in [3.8, 4) is 0 Å². The second kappa shape index (κ2) is 7.84. The molecule has 1 aliphatic heterocycles. The molecule has 1 aromatic carbocycles. The van der Waals surface area contributed by atoms with Gasteiger partial charge in [-0.25, -0.2) is 4.79 Å². The highest BCUT2D eigenvalue weighted by molar-refractivity contribution is 6.31. The molecule has 2 rings (SSSR count). The zero-order valence-corrected chi connectivity index (χ0v) is 14.5. The summed E-state index contributed by atoms with van der Waals surface area (Å²) in [6.07, 6.45) is 2.90. The van der Waals surface area contributed by atoms with E-state index < -0.39 is 0 Å². The van der Waals surface area contributed by atoms with Gasteiger partial charge in [0.15, 0.2) is 0 Å². The molecule has 22 heavy (non-hydrogen) atoms. The highest BCUT2D eigenvalue weighted by Crippen LogP contribution is 2.19. The highest BCUT2D eigenvalue weighted by Gasteiger charge is 2.23. The number of nitrogens with one attached hydrogen (secondary N) is 1. The first kappa shape index (κ1) is 17.1. The van der Waals surface area contributed by atoms with Crippen LogP contribution in [0.15, 0.2) is 18.2 Å². The monoisotopic (exact) mass is 323 g/mol. The maximum atomic E-state index is 12.2. The molecule has 1 saturated heterocycles. The van der Waals surface area contributed by atoms with E-state index in [4.69, 9.17) is 11.6 Å². The number of urea groups is 1. The van der Waals surface area contributed by atoms with Gasteiger partial charge in [0.25, 0.3) is 0 Å². The third-order valence-corrected chi connectivity index (χ3v) is 5.02. The van der Waals surface area contributed by atoms with Crippen LogP contribution in [0.2, 0.25) is 5.02 Å². The fourth-order valence-electron chi connectivity index (χ4n) is 2.90. The van der Waals surface area contributed by atoms with E-state index in [-0.39, 0.29) is 6.03 Å². The summed E-state index contributed by atoms with van der Waals surface area (Å²) in [6, 6.07) is 6.29. The van der Waals surface area contributed by atoms with E-state index in [1.165, 1.54) is 5.56 Å². The van der Waals surface area contributed by atoms with Gasteiger partial charge in [-0.1, -0.05) is 23.7 Å². The van der Waals surface area contributed by atoms with E-state index in [1.54, 1.807) is 0 Å². The molecule has 1 heterocycles. The Balaban J connectivity index is 1.79. The van der Waals surface area contributed by atoms with Crippen LogP contribution in [0.4, 0.5) is 4.79 Å². The second-order valence-corrected chi connectivity index (χ2v) is 6.56. The number of likely N-dealkylation sites (tertiary alicyclic amines) is 1. The van der Waals surface area contributed by atoms with Gasteiger partial charge in [-0.15, -0.1) is 0 Å². The summed E-state index contributed by atoms with van der Waals surface area (Å²) in [4.78, 5) is 16.4. The first-order valence-corrected chi connectivity index (χ1v) is 8.30. The van der Waals surface area contributed by atoms with Crippen molar-refractivity contribution in [3.05, 3.63) is 34.3 Å². The number of hydrogen-bond acceptors (Lipinski definition) is 2. The van der Waals surface area contributed by atoms with Crippen molar-refractivity contribution in [1.29, 1.82) is 0 Å². The smallest absolute Gasteiger partial charge is 0.317 e. The van der Waals surface area contributed by atoms with Crippen molar-refractivity contribution in [2.75, 3.05) is 33.7 Å². The molecular weight excluding hydrogens is 298 g/mol. The molecule has 0 aromatic heterocycles. The van der Waals surface area contributed by atoms with E-state index >= 15 is 0 Å². The molecule has 0 spiro atoms. The van der Waals surface area contributed by atoms with Gasteiger partial charge in [-0.3, -0.25) is 0 Å². The Kier molecular flexibility index (Phi) is 6.09. The Morgan fingerprint density at radius 2 is 2.09 bits per heavy atom. The number of carbonyl (C=O) groups excluding carboxylic acids is 1. The normalized spacial score (nSPS) is 16.5. The van der Waals surface area contributed by atoms with E-state index in [2.05, 4.69) is 23.3 Å². The van der Waals surface area contributed by atoms with Gasteiger partial charge in [0.2, 0.25) is 0 Å². The predicted octanol–water partition coefficient (Wildman–Crippen LogP) is 2.93. The summed E-state index contributed by atoms with van der Waals surface area (Å²) >= 11 is 6.12. The number of rotatable bonds is 4. The van der Waals surface area contributed by atoms with Crippen molar-refractivity contribution in [2.24, 2.45) is 0 Å². The number of halogens is 1. The van der Waals surface area contributed by atoms with Gasteiger partial charge < -0.3 is 15.1 Å². The molecule has 122 valence electrons. The number of piperidine rings is 1. The molecule has 5 heteroatoms. The maximum Gasteiger partial charge on any atom is 0.317 e. The Bertz CT molecular complexity index is 513. The van der Waals surface area contributed by atoms with E-state index in [0.717, 1.165) is 42.9 Å². The molecule has 1 N–H and O–H groups in total. The third kappa shape index (κ3) is 4.37. The number of amides is 2. The topological polar surface area (TPSA) is 35.6 Å². The van der Waals surface area contributed by atoms with E-state index in [9.17, 15) is 4.79 Å². The summed E-state index contributed by atoms with van der Waals surface area (Å²) < 4.78 is 0. The number of nitrogens with zero attached hydrogens (tertiary/aromatic N) is 2. The van der Waals surface area contributed by atoms with Crippen LogP contribution in [0.5, 0.6) is 0 Å². The summed E-state index contributed by atoms with van der Waals surface area (Å²) in [5.41, 5.74) is 2.29. The van der Waals surface area contributed by atoms with Gasteiger partial charge >= 0.3 is 6.03 Å². The third-order valence-electron chi connectivity index (χ3n) is 4.61. The minimum Gasteiger partial charge on any atom is -0.338 e. The quantitative estimate of drug-likeness (QED) is 0.924. The van der Waals surface area contributed by atoms with Crippen molar-refractivity contribution in [3.63, 3.8) is 0 Å². The molecule has 0 unspecified atom stereocenters. The average Bonchev–Trinajstić information content (AvgIpc) is 2.51. The summed E-state index contributed by atoms with van der Waals surface area (Å²) in [5.74, 6) is 0. The summed E-state index contributed by atoms with van der Waals surface area (Å²) in [6.45, 7) is 4.77. The maximum absolute atomic E-state index is 12.2. The van der Waals surface area contributed by atoms with E-state index in [0.29, 0.717) is 12.6 Å². The Morgan fingerprint density at radius 1 is 1.41 bits per heavy atom. The van der Waals surface area contributed by atoms with Gasteiger partial charge in [-0.2, -0.15) is 0 Å². The van der Waals surface area contributed by atoms with Gasteiger partial charge in [0.1, 0.15) is 0 Å². The van der Waals surface area contributed by atoms with Gasteiger partial charge in [-0.05, 0) is 63.5 Å². The van der Waals surface area contributed by atoms with Crippen molar-refractivity contribution < 1.29 is 4.79 Å². The molecule has 0 aliphatic carbocycles. The SMILES string of the molecule is Cc1c(Cl)cccc1CCNC(=O)N(C)C1CCN(C)CC1. The fourth-order valence-corrected chi connectivity index (χ4v) is 3.09. The lowest BCUT2D eigenvalue weighted by molar-refractivity contribution is 0.148. The lowest BCUT2D eigenvalue weighted by atomic mass is 10.0. The van der Waals surface area contributed by atoms with Crippen molar-refractivity contribution in [2.45, 2.75) is 32.2 Å². The molecule has 0 radical (unpaired) electrons. The summed E-state index contributed by atoms with van der Waals surface area (Å²) in [5, 5.41) is 3.80. The van der Waals surface area contributed by atoms with Gasteiger partial charge in [0.05, 0.1) is 0 Å². The molecule has 2 amide bonds. The van der Waals surface area contributed by atoms with Crippen LogP contribution in [0.1, 0.15) is 24.0 Å².